The molecule has 1 rings (SSSR count). The molecule has 1 aromatic rings. The molecular weight excluding hydrogens is 265 g/mol. The van der Waals surface area contributed by atoms with Gasteiger partial charge in [-0.1, -0.05) is 12.1 Å². The minimum Gasteiger partial charge on any atom is -0.366 e. The predicted molar refractivity (Wildman–Crippen MR) is 63.4 cm³/mol. The van der Waals surface area contributed by atoms with Crippen molar-refractivity contribution in [3.05, 3.63) is 29.8 Å². The third-order valence-electron chi connectivity index (χ3n) is 2.12. The highest BCUT2D eigenvalue weighted by Gasteiger charge is 2.29. The summed E-state index contributed by atoms with van der Waals surface area (Å²) in [5.74, 6) is -0.173. The molecule has 2 nitrogen and oxygen atoms in total. The second kappa shape index (κ2) is 6.24. The van der Waals surface area contributed by atoms with E-state index in [9.17, 15) is 18.0 Å². The van der Waals surface area contributed by atoms with E-state index < -0.39 is 11.6 Å². The van der Waals surface area contributed by atoms with Crippen molar-refractivity contribution in [3.63, 3.8) is 0 Å². The van der Waals surface area contributed by atoms with Crippen LogP contribution in [0.1, 0.15) is 25.5 Å². The molecule has 100 valence electrons. The number of carbonyl (C=O) groups is 1. The second-order valence-corrected chi connectivity index (χ2v) is 4.70. The fourth-order valence-corrected chi connectivity index (χ4v) is 2.00. The first-order chi connectivity index (χ1) is 8.33. The molecule has 0 bridgehead atoms. The molecular formula is C12H13F3O2S. The zero-order chi connectivity index (χ0) is 13.8. The number of rotatable bonds is 5. The zero-order valence-electron chi connectivity index (χ0n) is 9.95. The summed E-state index contributed by atoms with van der Waals surface area (Å²) in [6, 6.07) is 5.64. The van der Waals surface area contributed by atoms with Crippen molar-refractivity contribution in [1.82, 2.24) is 0 Å². The Morgan fingerprint density at radius 1 is 1.33 bits per heavy atom. The SMILES string of the molecule is CCOC(C(C)=O)c1ccc(SC(F)(F)F)cc1. The van der Waals surface area contributed by atoms with Crippen LogP contribution in [0.5, 0.6) is 0 Å². The van der Waals surface area contributed by atoms with Gasteiger partial charge in [0.05, 0.1) is 0 Å². The minimum absolute atomic E-state index is 0.0880. The summed E-state index contributed by atoms with van der Waals surface area (Å²) in [6.45, 7) is 3.51. The molecule has 0 heterocycles. The highest BCUT2D eigenvalue weighted by Crippen LogP contribution is 2.37. The van der Waals surface area contributed by atoms with Gasteiger partial charge in [0.15, 0.2) is 5.78 Å². The third kappa shape index (κ3) is 4.70. The van der Waals surface area contributed by atoms with Gasteiger partial charge in [-0.2, -0.15) is 13.2 Å². The van der Waals surface area contributed by atoms with Gasteiger partial charge >= 0.3 is 5.51 Å². The Kier molecular flexibility index (Phi) is 5.22. The number of halogens is 3. The van der Waals surface area contributed by atoms with Crippen molar-refractivity contribution in [2.75, 3.05) is 6.61 Å². The molecule has 0 saturated carbocycles. The summed E-state index contributed by atoms with van der Waals surface area (Å²) in [5.41, 5.74) is -3.74. The average molecular weight is 278 g/mol. The molecule has 0 amide bonds. The quantitative estimate of drug-likeness (QED) is 0.762. The summed E-state index contributed by atoms with van der Waals surface area (Å²) in [6.07, 6.45) is -0.708. The lowest BCUT2D eigenvalue weighted by Crippen LogP contribution is -2.12. The van der Waals surface area contributed by atoms with Gasteiger partial charge in [0.1, 0.15) is 6.10 Å². The fourth-order valence-electron chi connectivity index (χ4n) is 1.46. The van der Waals surface area contributed by atoms with Gasteiger partial charge in [0.25, 0.3) is 0 Å². The lowest BCUT2D eigenvalue weighted by molar-refractivity contribution is -0.128. The Hall–Kier alpha value is -1.01. The van der Waals surface area contributed by atoms with Crippen LogP contribution >= 0.6 is 11.8 Å². The number of ether oxygens (including phenoxy) is 1. The third-order valence-corrected chi connectivity index (χ3v) is 2.86. The summed E-state index contributed by atoms with van der Waals surface area (Å²) >= 11 is -0.183. The molecule has 0 spiro atoms. The molecule has 0 radical (unpaired) electrons. The van der Waals surface area contributed by atoms with Gasteiger partial charge in [-0.25, -0.2) is 0 Å². The number of hydrogen-bond donors (Lipinski definition) is 0. The van der Waals surface area contributed by atoms with E-state index in [1.807, 2.05) is 0 Å². The van der Waals surface area contributed by atoms with Crippen LogP contribution < -0.4 is 0 Å². The molecule has 1 atom stereocenters. The van der Waals surface area contributed by atoms with Crippen LogP contribution in [0.15, 0.2) is 29.2 Å². The van der Waals surface area contributed by atoms with E-state index in [1.165, 1.54) is 31.2 Å². The van der Waals surface area contributed by atoms with E-state index in [0.29, 0.717) is 12.2 Å². The molecule has 1 unspecified atom stereocenters. The molecule has 0 aliphatic carbocycles. The van der Waals surface area contributed by atoms with Crippen molar-refractivity contribution in [3.8, 4) is 0 Å². The number of hydrogen-bond acceptors (Lipinski definition) is 3. The van der Waals surface area contributed by atoms with E-state index in [4.69, 9.17) is 4.74 Å². The zero-order valence-corrected chi connectivity index (χ0v) is 10.8. The number of carbonyl (C=O) groups excluding carboxylic acids is 1. The van der Waals surface area contributed by atoms with Gasteiger partial charge in [0.2, 0.25) is 0 Å². The van der Waals surface area contributed by atoms with Crippen LogP contribution in [0, 0.1) is 0 Å². The number of Topliss-reactive ketones (excluding diaryl/α,β-unsaturated/α-hetero) is 1. The highest BCUT2D eigenvalue weighted by molar-refractivity contribution is 8.00. The molecule has 6 heteroatoms. The van der Waals surface area contributed by atoms with Crippen LogP contribution in [0.25, 0.3) is 0 Å². The monoisotopic (exact) mass is 278 g/mol. The predicted octanol–water partition coefficient (Wildman–Crippen LogP) is 3.97. The van der Waals surface area contributed by atoms with Gasteiger partial charge in [0, 0.05) is 11.5 Å². The minimum atomic E-state index is -4.30. The second-order valence-electron chi connectivity index (χ2n) is 3.56. The Bertz CT molecular complexity index is 401. The van der Waals surface area contributed by atoms with Crippen LogP contribution in [-0.2, 0) is 9.53 Å². The molecule has 1 aromatic carbocycles. The summed E-state index contributed by atoms with van der Waals surface area (Å²) in [7, 11) is 0. The maximum atomic E-state index is 12.1. The Morgan fingerprint density at radius 2 is 1.89 bits per heavy atom. The van der Waals surface area contributed by atoms with E-state index in [1.54, 1.807) is 6.92 Å². The van der Waals surface area contributed by atoms with Crippen molar-refractivity contribution in [2.24, 2.45) is 0 Å². The molecule has 0 aliphatic rings. The van der Waals surface area contributed by atoms with Crippen LogP contribution in [0.2, 0.25) is 0 Å². The van der Waals surface area contributed by atoms with Crippen molar-refractivity contribution >= 4 is 17.5 Å². The Labute approximate surface area is 108 Å². The molecule has 0 N–H and O–H groups in total. The van der Waals surface area contributed by atoms with E-state index in [-0.39, 0.29) is 22.4 Å². The first-order valence-electron chi connectivity index (χ1n) is 5.31. The first kappa shape index (κ1) is 15.0. The smallest absolute Gasteiger partial charge is 0.366 e. The van der Waals surface area contributed by atoms with E-state index in [0.717, 1.165) is 0 Å². The van der Waals surface area contributed by atoms with Gasteiger partial charge in [-0.15, -0.1) is 0 Å². The molecule has 0 fully saturated rings. The van der Waals surface area contributed by atoms with Crippen LogP contribution in [0.3, 0.4) is 0 Å². The lowest BCUT2D eigenvalue weighted by atomic mass is 10.1. The van der Waals surface area contributed by atoms with Crippen LogP contribution in [0.4, 0.5) is 13.2 Å². The van der Waals surface area contributed by atoms with Crippen molar-refractivity contribution in [2.45, 2.75) is 30.4 Å². The Morgan fingerprint density at radius 3 is 2.28 bits per heavy atom. The van der Waals surface area contributed by atoms with Gasteiger partial charge < -0.3 is 4.74 Å². The largest absolute Gasteiger partial charge is 0.446 e. The van der Waals surface area contributed by atoms with Crippen molar-refractivity contribution < 1.29 is 22.7 Å². The van der Waals surface area contributed by atoms with Gasteiger partial charge in [-0.05, 0) is 43.3 Å². The number of thioether (sulfide) groups is 1. The average Bonchev–Trinajstić information content (AvgIpc) is 2.25. The van der Waals surface area contributed by atoms with Crippen LogP contribution in [-0.4, -0.2) is 17.9 Å². The van der Waals surface area contributed by atoms with Crippen molar-refractivity contribution in [1.29, 1.82) is 0 Å². The molecule has 0 saturated heterocycles. The fraction of sp³-hybridized carbons (Fsp3) is 0.417. The first-order valence-corrected chi connectivity index (χ1v) is 6.13. The number of ketones is 1. The standard InChI is InChI=1S/C12H13F3O2S/c1-3-17-11(8(2)16)9-4-6-10(7-5-9)18-12(13,14)15/h4-7,11H,3H2,1-2H3. The van der Waals surface area contributed by atoms with Gasteiger partial charge in [-0.3, -0.25) is 4.79 Å². The lowest BCUT2D eigenvalue weighted by Gasteiger charge is -2.14. The maximum absolute atomic E-state index is 12.1. The van der Waals surface area contributed by atoms with E-state index >= 15 is 0 Å². The topological polar surface area (TPSA) is 26.3 Å². The normalized spacial score (nSPS) is 13.4. The number of benzene rings is 1. The summed E-state index contributed by atoms with van der Waals surface area (Å²) in [4.78, 5) is 11.4. The maximum Gasteiger partial charge on any atom is 0.446 e. The number of alkyl halides is 3. The summed E-state index contributed by atoms with van der Waals surface area (Å²) in [5, 5.41) is 0. The molecule has 0 aliphatic heterocycles. The van der Waals surface area contributed by atoms with E-state index in [2.05, 4.69) is 0 Å². The summed E-state index contributed by atoms with van der Waals surface area (Å²) < 4.78 is 41.7. The highest BCUT2D eigenvalue weighted by atomic mass is 32.2. The molecule has 18 heavy (non-hydrogen) atoms. The molecule has 0 aromatic heterocycles. The Balaban J connectivity index is 2.83.